The lowest BCUT2D eigenvalue weighted by molar-refractivity contribution is 1.07. The van der Waals surface area contributed by atoms with Crippen LogP contribution in [0.5, 0.6) is 0 Å². The second-order valence-electron chi connectivity index (χ2n) is 4.42. The molecule has 0 fully saturated rings. The molecule has 98 valence electrons. The lowest BCUT2D eigenvalue weighted by Crippen LogP contribution is -2.21. The molecule has 2 rings (SSSR count). The molecule has 2 aromatic rings. The molecule has 0 amide bonds. The van der Waals surface area contributed by atoms with Gasteiger partial charge < -0.3 is 10.6 Å². The maximum Gasteiger partial charge on any atom is 0.229 e. The van der Waals surface area contributed by atoms with Crippen LogP contribution in [-0.4, -0.2) is 15.1 Å². The van der Waals surface area contributed by atoms with E-state index in [1.807, 2.05) is 51.1 Å². The Morgan fingerprint density at radius 1 is 1.00 bits per heavy atom. The van der Waals surface area contributed by atoms with E-state index in [0.717, 1.165) is 17.1 Å². The SMILES string of the molecule is Cc1cccc(NC(=S)Nc2nc(C)cc(C)n2)c1. The van der Waals surface area contributed by atoms with E-state index in [1.165, 1.54) is 5.56 Å². The van der Waals surface area contributed by atoms with Crippen LogP contribution in [0.25, 0.3) is 0 Å². The smallest absolute Gasteiger partial charge is 0.229 e. The molecule has 1 heterocycles. The Labute approximate surface area is 118 Å². The first kappa shape index (κ1) is 13.4. The van der Waals surface area contributed by atoms with Crippen molar-refractivity contribution in [2.75, 3.05) is 10.6 Å². The van der Waals surface area contributed by atoms with Crippen molar-refractivity contribution < 1.29 is 0 Å². The fraction of sp³-hybridized carbons (Fsp3) is 0.214. The fourth-order valence-electron chi connectivity index (χ4n) is 1.77. The van der Waals surface area contributed by atoms with E-state index in [4.69, 9.17) is 12.2 Å². The molecule has 0 saturated heterocycles. The molecule has 0 aliphatic heterocycles. The molecule has 1 aromatic heterocycles. The number of hydrogen-bond donors (Lipinski definition) is 2. The Bertz CT molecular complexity index is 590. The molecule has 19 heavy (non-hydrogen) atoms. The molecule has 0 spiro atoms. The first-order chi connectivity index (χ1) is 9.02. The van der Waals surface area contributed by atoms with Gasteiger partial charge in [0.15, 0.2) is 5.11 Å². The third kappa shape index (κ3) is 3.99. The minimum Gasteiger partial charge on any atom is -0.332 e. The van der Waals surface area contributed by atoms with E-state index < -0.39 is 0 Å². The van der Waals surface area contributed by atoms with Gasteiger partial charge in [0.05, 0.1) is 0 Å². The standard InChI is InChI=1S/C14H16N4S/c1-9-5-4-6-12(7-9)17-14(19)18-13-15-10(2)8-11(3)16-13/h4-8H,1-3H3,(H2,15,16,17,18,19). The first-order valence-corrected chi connectivity index (χ1v) is 6.41. The quantitative estimate of drug-likeness (QED) is 0.822. The molecule has 0 unspecified atom stereocenters. The molecule has 0 saturated carbocycles. The van der Waals surface area contributed by atoms with Gasteiger partial charge in [-0.1, -0.05) is 12.1 Å². The summed E-state index contributed by atoms with van der Waals surface area (Å²) < 4.78 is 0. The van der Waals surface area contributed by atoms with Crippen molar-refractivity contribution in [1.29, 1.82) is 0 Å². The van der Waals surface area contributed by atoms with Gasteiger partial charge in [0.2, 0.25) is 5.95 Å². The number of nitrogens with zero attached hydrogens (tertiary/aromatic N) is 2. The van der Waals surface area contributed by atoms with E-state index >= 15 is 0 Å². The Balaban J connectivity index is 2.05. The van der Waals surface area contributed by atoms with Crippen LogP contribution in [0, 0.1) is 20.8 Å². The highest BCUT2D eigenvalue weighted by molar-refractivity contribution is 7.80. The van der Waals surface area contributed by atoms with Crippen molar-refractivity contribution >= 4 is 29.0 Å². The lowest BCUT2D eigenvalue weighted by atomic mass is 10.2. The van der Waals surface area contributed by atoms with Gasteiger partial charge in [-0.2, -0.15) is 0 Å². The van der Waals surface area contributed by atoms with Crippen LogP contribution in [0.15, 0.2) is 30.3 Å². The number of benzene rings is 1. The third-order valence-corrected chi connectivity index (χ3v) is 2.69. The average molecular weight is 272 g/mol. The molecule has 0 atom stereocenters. The van der Waals surface area contributed by atoms with Crippen LogP contribution in [-0.2, 0) is 0 Å². The molecule has 1 aromatic carbocycles. The number of anilines is 2. The van der Waals surface area contributed by atoms with Crippen LogP contribution < -0.4 is 10.6 Å². The predicted octanol–water partition coefficient (Wildman–Crippen LogP) is 3.21. The fourth-order valence-corrected chi connectivity index (χ4v) is 1.98. The molecular formula is C14H16N4S. The second-order valence-corrected chi connectivity index (χ2v) is 4.83. The lowest BCUT2D eigenvalue weighted by Gasteiger charge is -2.10. The summed E-state index contributed by atoms with van der Waals surface area (Å²) in [6.45, 7) is 5.89. The zero-order valence-electron chi connectivity index (χ0n) is 11.2. The summed E-state index contributed by atoms with van der Waals surface area (Å²) in [4.78, 5) is 8.57. The van der Waals surface area contributed by atoms with Gasteiger partial charge in [0, 0.05) is 17.1 Å². The number of aromatic nitrogens is 2. The second kappa shape index (κ2) is 5.75. The van der Waals surface area contributed by atoms with Gasteiger partial charge in [0.25, 0.3) is 0 Å². The summed E-state index contributed by atoms with van der Waals surface area (Å²) in [5, 5.41) is 6.58. The zero-order valence-corrected chi connectivity index (χ0v) is 12.0. The Kier molecular flexibility index (Phi) is 4.06. The van der Waals surface area contributed by atoms with E-state index in [2.05, 4.69) is 20.6 Å². The normalized spacial score (nSPS) is 10.1. The third-order valence-electron chi connectivity index (χ3n) is 2.48. The van der Waals surface area contributed by atoms with Crippen molar-refractivity contribution in [1.82, 2.24) is 9.97 Å². The number of nitrogens with one attached hydrogen (secondary N) is 2. The van der Waals surface area contributed by atoms with Crippen molar-refractivity contribution in [2.24, 2.45) is 0 Å². The maximum atomic E-state index is 5.25. The highest BCUT2D eigenvalue weighted by atomic mass is 32.1. The molecule has 2 N–H and O–H groups in total. The Morgan fingerprint density at radius 3 is 2.32 bits per heavy atom. The van der Waals surface area contributed by atoms with Gasteiger partial charge in [0.1, 0.15) is 0 Å². The Morgan fingerprint density at radius 2 is 1.68 bits per heavy atom. The highest BCUT2D eigenvalue weighted by Gasteiger charge is 2.03. The van der Waals surface area contributed by atoms with E-state index in [9.17, 15) is 0 Å². The van der Waals surface area contributed by atoms with Gasteiger partial charge in [-0.3, -0.25) is 0 Å². The van der Waals surface area contributed by atoms with Crippen molar-refractivity contribution in [3.8, 4) is 0 Å². The van der Waals surface area contributed by atoms with Crippen molar-refractivity contribution in [3.63, 3.8) is 0 Å². The maximum absolute atomic E-state index is 5.25. The predicted molar refractivity (Wildman–Crippen MR) is 82.5 cm³/mol. The molecular weight excluding hydrogens is 256 g/mol. The zero-order chi connectivity index (χ0) is 13.8. The molecule has 5 heteroatoms. The highest BCUT2D eigenvalue weighted by Crippen LogP contribution is 2.10. The summed E-state index contributed by atoms with van der Waals surface area (Å²) in [6.07, 6.45) is 0. The minimum atomic E-state index is 0.482. The molecule has 4 nitrogen and oxygen atoms in total. The molecule has 0 aliphatic carbocycles. The number of thiocarbonyl (C=S) groups is 1. The summed E-state index contributed by atoms with van der Waals surface area (Å²) in [6, 6.07) is 9.92. The summed E-state index contributed by atoms with van der Waals surface area (Å²) >= 11 is 5.25. The van der Waals surface area contributed by atoms with Crippen molar-refractivity contribution in [2.45, 2.75) is 20.8 Å². The topological polar surface area (TPSA) is 49.8 Å². The van der Waals surface area contributed by atoms with Crippen LogP contribution in [0.3, 0.4) is 0 Å². The summed E-state index contributed by atoms with van der Waals surface area (Å²) in [5.41, 5.74) is 3.94. The van der Waals surface area contributed by atoms with Gasteiger partial charge in [-0.05, 0) is 56.8 Å². The van der Waals surface area contributed by atoms with Crippen LogP contribution in [0.2, 0.25) is 0 Å². The number of aryl methyl sites for hydroxylation is 3. The summed E-state index contributed by atoms with van der Waals surface area (Å²) in [7, 11) is 0. The van der Waals surface area contributed by atoms with E-state index in [0.29, 0.717) is 11.1 Å². The monoisotopic (exact) mass is 272 g/mol. The molecule has 0 radical (unpaired) electrons. The first-order valence-electron chi connectivity index (χ1n) is 6.00. The van der Waals surface area contributed by atoms with Crippen LogP contribution in [0.4, 0.5) is 11.6 Å². The van der Waals surface area contributed by atoms with Gasteiger partial charge in [-0.15, -0.1) is 0 Å². The van der Waals surface area contributed by atoms with Gasteiger partial charge >= 0.3 is 0 Å². The van der Waals surface area contributed by atoms with Crippen LogP contribution in [0.1, 0.15) is 17.0 Å². The van der Waals surface area contributed by atoms with Crippen molar-refractivity contribution in [3.05, 3.63) is 47.3 Å². The average Bonchev–Trinajstić information content (AvgIpc) is 2.26. The minimum absolute atomic E-state index is 0.482. The van der Waals surface area contributed by atoms with E-state index in [1.54, 1.807) is 0 Å². The number of hydrogen-bond acceptors (Lipinski definition) is 3. The van der Waals surface area contributed by atoms with Crippen LogP contribution >= 0.6 is 12.2 Å². The van der Waals surface area contributed by atoms with Gasteiger partial charge in [-0.25, -0.2) is 9.97 Å². The summed E-state index contributed by atoms with van der Waals surface area (Å²) in [5.74, 6) is 0.516. The van der Waals surface area contributed by atoms with E-state index in [-0.39, 0.29) is 0 Å². The molecule has 0 bridgehead atoms. The largest absolute Gasteiger partial charge is 0.332 e. The molecule has 0 aliphatic rings. The Hall–Kier alpha value is -2.01. The number of rotatable bonds is 2.